The van der Waals surface area contributed by atoms with Crippen LogP contribution in [0.3, 0.4) is 0 Å². The van der Waals surface area contributed by atoms with Gasteiger partial charge in [-0.05, 0) is 37.5 Å². The van der Waals surface area contributed by atoms with Crippen molar-refractivity contribution in [3.8, 4) is 0 Å². The van der Waals surface area contributed by atoms with E-state index in [9.17, 15) is 4.79 Å². The van der Waals surface area contributed by atoms with Gasteiger partial charge in [-0.3, -0.25) is 9.78 Å². The molecule has 1 fully saturated rings. The summed E-state index contributed by atoms with van der Waals surface area (Å²) in [7, 11) is 0. The number of carbonyl (C=O) groups is 1. The molecule has 0 saturated heterocycles. The van der Waals surface area contributed by atoms with E-state index in [4.69, 9.17) is 5.11 Å². The fourth-order valence-electron chi connectivity index (χ4n) is 1.50. The van der Waals surface area contributed by atoms with Gasteiger partial charge < -0.3 is 5.11 Å². The number of carboxylic acids is 1. The molecule has 3 heteroatoms. The Balaban J connectivity index is 2.41. The van der Waals surface area contributed by atoms with Gasteiger partial charge in [0.2, 0.25) is 0 Å². The lowest BCUT2D eigenvalue weighted by Gasteiger charge is -2.08. The predicted molar refractivity (Wildman–Crippen MR) is 47.5 cm³/mol. The van der Waals surface area contributed by atoms with E-state index in [2.05, 4.69) is 4.98 Å². The van der Waals surface area contributed by atoms with Gasteiger partial charge >= 0.3 is 5.97 Å². The molecule has 68 valence electrons. The minimum atomic E-state index is -0.745. The number of pyridine rings is 1. The zero-order valence-corrected chi connectivity index (χ0v) is 7.45. The standard InChI is InChI=1S/C10H11NO2/c1-7-2-5-11-8(6-7)10(3-4-10)9(12)13/h2,5-6H,3-4H2,1H3,(H,12,13). The van der Waals surface area contributed by atoms with Crippen LogP contribution >= 0.6 is 0 Å². The van der Waals surface area contributed by atoms with E-state index < -0.39 is 11.4 Å². The van der Waals surface area contributed by atoms with Gasteiger partial charge in [-0.1, -0.05) is 0 Å². The first-order chi connectivity index (χ1) is 6.15. The van der Waals surface area contributed by atoms with Gasteiger partial charge in [0.25, 0.3) is 0 Å². The Morgan fingerprint density at radius 3 is 2.77 bits per heavy atom. The van der Waals surface area contributed by atoms with Crippen LogP contribution in [0, 0.1) is 6.92 Å². The van der Waals surface area contributed by atoms with E-state index in [1.807, 2.05) is 19.1 Å². The first-order valence-corrected chi connectivity index (χ1v) is 4.32. The molecule has 3 nitrogen and oxygen atoms in total. The zero-order chi connectivity index (χ0) is 9.47. The number of aliphatic carboxylic acids is 1. The largest absolute Gasteiger partial charge is 0.481 e. The number of carboxylic acid groups (broad SMARTS) is 1. The van der Waals surface area contributed by atoms with Crippen LogP contribution in [0.15, 0.2) is 18.3 Å². The Kier molecular flexibility index (Phi) is 1.62. The van der Waals surface area contributed by atoms with Gasteiger partial charge in [0.05, 0.1) is 5.69 Å². The lowest BCUT2D eigenvalue weighted by atomic mass is 10.0. The van der Waals surface area contributed by atoms with Crippen molar-refractivity contribution >= 4 is 5.97 Å². The summed E-state index contributed by atoms with van der Waals surface area (Å²) in [5.74, 6) is -0.745. The second-order valence-electron chi connectivity index (χ2n) is 3.61. The molecule has 1 aliphatic carbocycles. The first kappa shape index (κ1) is 8.23. The maximum Gasteiger partial charge on any atom is 0.315 e. The number of rotatable bonds is 2. The summed E-state index contributed by atoms with van der Waals surface area (Å²) >= 11 is 0. The maximum absolute atomic E-state index is 11.0. The highest BCUT2D eigenvalue weighted by Crippen LogP contribution is 2.47. The Bertz CT molecular complexity index is 356. The smallest absolute Gasteiger partial charge is 0.315 e. The average Bonchev–Trinajstić information content (AvgIpc) is 2.83. The Labute approximate surface area is 76.4 Å². The summed E-state index contributed by atoms with van der Waals surface area (Å²) in [6.45, 7) is 1.95. The molecule has 0 spiro atoms. The fraction of sp³-hybridized carbons (Fsp3) is 0.400. The molecule has 1 N–H and O–H groups in total. The maximum atomic E-state index is 11.0. The summed E-state index contributed by atoms with van der Waals surface area (Å²) in [6.07, 6.45) is 3.12. The number of hydrogen-bond acceptors (Lipinski definition) is 2. The molecule has 2 rings (SSSR count). The molecule has 1 aromatic heterocycles. The van der Waals surface area contributed by atoms with E-state index in [1.54, 1.807) is 6.20 Å². The van der Waals surface area contributed by atoms with Crippen LogP contribution in [-0.2, 0) is 10.2 Å². The van der Waals surface area contributed by atoms with Crippen molar-refractivity contribution in [2.45, 2.75) is 25.2 Å². The molecule has 1 heterocycles. The molecule has 0 bridgehead atoms. The summed E-state index contributed by atoms with van der Waals surface area (Å²) < 4.78 is 0. The van der Waals surface area contributed by atoms with E-state index in [0.717, 1.165) is 18.4 Å². The molecule has 1 aliphatic rings. The molecular formula is C10H11NO2. The second-order valence-corrected chi connectivity index (χ2v) is 3.61. The molecule has 0 radical (unpaired) electrons. The molecule has 0 unspecified atom stereocenters. The number of aromatic nitrogens is 1. The van der Waals surface area contributed by atoms with Crippen molar-refractivity contribution in [1.82, 2.24) is 4.98 Å². The highest BCUT2D eigenvalue weighted by Gasteiger charge is 2.53. The van der Waals surface area contributed by atoms with Gasteiger partial charge in [-0.15, -0.1) is 0 Å². The second kappa shape index (κ2) is 2.55. The highest BCUT2D eigenvalue weighted by atomic mass is 16.4. The van der Waals surface area contributed by atoms with Crippen LogP contribution in [0.2, 0.25) is 0 Å². The van der Waals surface area contributed by atoms with Gasteiger partial charge in [-0.2, -0.15) is 0 Å². The van der Waals surface area contributed by atoms with Crippen molar-refractivity contribution < 1.29 is 9.90 Å². The molecule has 0 atom stereocenters. The van der Waals surface area contributed by atoms with Gasteiger partial charge in [-0.25, -0.2) is 0 Å². The highest BCUT2D eigenvalue weighted by molar-refractivity contribution is 5.84. The van der Waals surface area contributed by atoms with E-state index in [0.29, 0.717) is 5.69 Å². The SMILES string of the molecule is Cc1ccnc(C2(C(=O)O)CC2)c1. The minimum Gasteiger partial charge on any atom is -0.481 e. The Morgan fingerprint density at radius 1 is 1.62 bits per heavy atom. The monoisotopic (exact) mass is 177 g/mol. The lowest BCUT2D eigenvalue weighted by Crippen LogP contribution is -2.20. The third-order valence-electron chi connectivity index (χ3n) is 2.57. The number of nitrogens with zero attached hydrogens (tertiary/aromatic N) is 1. The zero-order valence-electron chi connectivity index (χ0n) is 7.45. The van der Waals surface area contributed by atoms with Crippen molar-refractivity contribution in [2.75, 3.05) is 0 Å². The van der Waals surface area contributed by atoms with E-state index in [1.165, 1.54) is 0 Å². The molecule has 0 aliphatic heterocycles. The third kappa shape index (κ3) is 1.20. The molecule has 1 aromatic rings. The van der Waals surface area contributed by atoms with Crippen molar-refractivity contribution in [3.63, 3.8) is 0 Å². The normalized spacial score (nSPS) is 18.2. The van der Waals surface area contributed by atoms with E-state index in [-0.39, 0.29) is 0 Å². The van der Waals surface area contributed by atoms with Gasteiger partial charge in [0, 0.05) is 6.20 Å². The van der Waals surface area contributed by atoms with Gasteiger partial charge in [0.1, 0.15) is 5.41 Å². The molecular weight excluding hydrogens is 166 g/mol. The molecule has 0 amide bonds. The summed E-state index contributed by atoms with van der Waals surface area (Å²) in [6, 6.07) is 3.74. The van der Waals surface area contributed by atoms with Crippen molar-refractivity contribution in [3.05, 3.63) is 29.6 Å². The van der Waals surface area contributed by atoms with Crippen molar-refractivity contribution in [2.24, 2.45) is 0 Å². The summed E-state index contributed by atoms with van der Waals surface area (Å²) in [5, 5.41) is 9.01. The number of aryl methyl sites for hydroxylation is 1. The van der Waals surface area contributed by atoms with Crippen LogP contribution < -0.4 is 0 Å². The predicted octanol–water partition coefficient (Wildman–Crippen LogP) is 1.51. The minimum absolute atomic E-state index is 0.661. The first-order valence-electron chi connectivity index (χ1n) is 4.32. The van der Waals surface area contributed by atoms with Crippen molar-refractivity contribution in [1.29, 1.82) is 0 Å². The van der Waals surface area contributed by atoms with E-state index >= 15 is 0 Å². The average molecular weight is 177 g/mol. The lowest BCUT2D eigenvalue weighted by molar-refractivity contribution is -0.140. The summed E-state index contributed by atoms with van der Waals surface area (Å²) in [5.41, 5.74) is 1.11. The topological polar surface area (TPSA) is 50.2 Å². The number of hydrogen-bond donors (Lipinski definition) is 1. The summed E-state index contributed by atoms with van der Waals surface area (Å²) in [4.78, 5) is 15.1. The van der Waals surface area contributed by atoms with Crippen LogP contribution in [0.25, 0.3) is 0 Å². The molecule has 0 aromatic carbocycles. The Hall–Kier alpha value is -1.38. The van der Waals surface area contributed by atoms with Crippen LogP contribution in [-0.4, -0.2) is 16.1 Å². The molecule has 13 heavy (non-hydrogen) atoms. The quantitative estimate of drug-likeness (QED) is 0.744. The Morgan fingerprint density at radius 2 is 2.31 bits per heavy atom. The molecule has 1 saturated carbocycles. The van der Waals surface area contributed by atoms with Crippen LogP contribution in [0.4, 0.5) is 0 Å². The fourth-order valence-corrected chi connectivity index (χ4v) is 1.50. The third-order valence-corrected chi connectivity index (χ3v) is 2.57. The van der Waals surface area contributed by atoms with Crippen LogP contribution in [0.5, 0.6) is 0 Å². The van der Waals surface area contributed by atoms with Crippen LogP contribution in [0.1, 0.15) is 24.1 Å². The van der Waals surface area contributed by atoms with Gasteiger partial charge in [0.15, 0.2) is 0 Å².